The van der Waals surface area contributed by atoms with Crippen LogP contribution in [0.25, 0.3) is 0 Å². The molecule has 3 rings (SSSR count). The Morgan fingerprint density at radius 3 is 2.15 bits per heavy atom. The highest BCUT2D eigenvalue weighted by atomic mass is 32.2. The molecule has 0 aromatic heterocycles. The number of carbonyl (C=O) groups is 2. The van der Waals surface area contributed by atoms with Gasteiger partial charge in [-0.1, -0.05) is 37.3 Å². The monoisotopic (exact) mass is 569 g/mol. The van der Waals surface area contributed by atoms with Crippen molar-refractivity contribution in [2.75, 3.05) is 24.5 Å². The van der Waals surface area contributed by atoms with Gasteiger partial charge >= 0.3 is 0 Å². The van der Waals surface area contributed by atoms with Crippen LogP contribution in [-0.2, 0) is 26.0 Å². The van der Waals surface area contributed by atoms with Crippen molar-refractivity contribution in [3.63, 3.8) is 0 Å². The molecule has 0 fully saturated rings. The lowest BCUT2D eigenvalue weighted by molar-refractivity contribution is -0.139. The fraction of sp³-hybridized carbons (Fsp3) is 0.333. The summed E-state index contributed by atoms with van der Waals surface area (Å²) in [4.78, 5) is 28.2. The quantitative estimate of drug-likeness (QED) is 0.329. The van der Waals surface area contributed by atoms with Gasteiger partial charge in [-0.25, -0.2) is 12.8 Å². The number of hydrogen-bond acceptors (Lipinski definition) is 5. The normalized spacial score (nSPS) is 12.7. The maximum Gasteiger partial charge on any atom is 0.264 e. The first-order valence-corrected chi connectivity index (χ1v) is 14.6. The van der Waals surface area contributed by atoms with Gasteiger partial charge in [0.05, 0.1) is 17.7 Å². The summed E-state index contributed by atoms with van der Waals surface area (Å²) in [6.45, 7) is 5.05. The standard InChI is InChI=1S/C30H36FN3O5S/c1-5-22(2)32-30(36)23(3)33(20-19-24-9-7-6-8-10-24)29(35)21-34(26-13-11-25(31)12-14-26)40(37,38)28-17-15-27(39-4)16-18-28/h6-18,22-23H,5,19-21H2,1-4H3,(H,32,36)/t22-,23-/m0/s1. The van der Waals surface area contributed by atoms with Crippen LogP contribution in [0.4, 0.5) is 10.1 Å². The minimum absolute atomic E-state index is 0.0659. The van der Waals surface area contributed by atoms with Crippen LogP contribution < -0.4 is 14.4 Å². The van der Waals surface area contributed by atoms with Crippen LogP contribution in [0, 0.1) is 5.82 Å². The highest BCUT2D eigenvalue weighted by molar-refractivity contribution is 7.92. The highest BCUT2D eigenvalue weighted by Crippen LogP contribution is 2.26. The number of sulfonamides is 1. The second kappa shape index (κ2) is 13.9. The molecule has 3 aromatic rings. The number of halogens is 1. The summed E-state index contributed by atoms with van der Waals surface area (Å²) < 4.78 is 47.4. The molecule has 1 N–H and O–H groups in total. The number of ether oxygens (including phenoxy) is 1. The number of methoxy groups -OCH3 is 1. The average Bonchev–Trinajstić information content (AvgIpc) is 2.96. The van der Waals surface area contributed by atoms with E-state index in [1.807, 2.05) is 44.2 Å². The predicted octanol–water partition coefficient (Wildman–Crippen LogP) is 4.40. The molecule has 0 spiro atoms. The molecule has 0 aliphatic rings. The van der Waals surface area contributed by atoms with Crippen molar-refractivity contribution < 1.29 is 27.1 Å². The maximum absolute atomic E-state index is 13.8. The molecule has 0 aliphatic heterocycles. The van der Waals surface area contributed by atoms with Gasteiger partial charge in [0, 0.05) is 12.6 Å². The summed E-state index contributed by atoms with van der Waals surface area (Å²) in [5.41, 5.74) is 1.08. The van der Waals surface area contributed by atoms with E-state index in [-0.39, 0.29) is 29.1 Å². The molecule has 0 saturated carbocycles. The molecule has 2 amide bonds. The van der Waals surface area contributed by atoms with Crippen LogP contribution >= 0.6 is 0 Å². The molecule has 3 aromatic carbocycles. The third-order valence-corrected chi connectivity index (χ3v) is 8.48. The van der Waals surface area contributed by atoms with E-state index < -0.39 is 34.3 Å². The molecule has 0 heterocycles. The van der Waals surface area contributed by atoms with Gasteiger partial charge in [-0.2, -0.15) is 0 Å². The van der Waals surface area contributed by atoms with Gasteiger partial charge in [0.1, 0.15) is 24.2 Å². The summed E-state index contributed by atoms with van der Waals surface area (Å²) in [6.07, 6.45) is 1.18. The van der Waals surface area contributed by atoms with E-state index in [0.717, 1.165) is 28.4 Å². The minimum Gasteiger partial charge on any atom is -0.497 e. The van der Waals surface area contributed by atoms with Gasteiger partial charge in [-0.05, 0) is 80.8 Å². The number of benzene rings is 3. The molecule has 0 saturated heterocycles. The van der Waals surface area contributed by atoms with Crippen molar-refractivity contribution in [1.82, 2.24) is 10.2 Å². The van der Waals surface area contributed by atoms with Crippen LogP contribution in [0.3, 0.4) is 0 Å². The average molecular weight is 570 g/mol. The van der Waals surface area contributed by atoms with Crippen LogP contribution in [0.5, 0.6) is 5.75 Å². The lowest BCUT2D eigenvalue weighted by Crippen LogP contribution is -2.53. The van der Waals surface area contributed by atoms with E-state index in [1.54, 1.807) is 6.92 Å². The first-order chi connectivity index (χ1) is 19.1. The van der Waals surface area contributed by atoms with Crippen molar-refractivity contribution in [2.45, 2.75) is 50.6 Å². The third kappa shape index (κ3) is 7.81. The summed E-state index contributed by atoms with van der Waals surface area (Å²) in [7, 11) is -2.78. The van der Waals surface area contributed by atoms with E-state index in [1.165, 1.54) is 48.4 Å². The maximum atomic E-state index is 13.8. The van der Waals surface area contributed by atoms with E-state index in [0.29, 0.717) is 12.2 Å². The van der Waals surface area contributed by atoms with Crippen molar-refractivity contribution in [3.8, 4) is 5.75 Å². The van der Waals surface area contributed by atoms with Crippen LogP contribution in [0.15, 0.2) is 83.8 Å². The van der Waals surface area contributed by atoms with Crippen molar-refractivity contribution in [1.29, 1.82) is 0 Å². The van der Waals surface area contributed by atoms with E-state index in [2.05, 4.69) is 5.32 Å². The van der Waals surface area contributed by atoms with Crippen molar-refractivity contribution in [2.24, 2.45) is 0 Å². The second-order valence-electron chi connectivity index (χ2n) is 9.48. The zero-order valence-electron chi connectivity index (χ0n) is 23.2. The molecule has 10 heteroatoms. The number of anilines is 1. The van der Waals surface area contributed by atoms with Gasteiger partial charge in [-0.3, -0.25) is 13.9 Å². The molecule has 2 atom stereocenters. The number of rotatable bonds is 13. The lowest BCUT2D eigenvalue weighted by atomic mass is 10.1. The summed E-state index contributed by atoms with van der Waals surface area (Å²) in [5.74, 6) is -0.973. The predicted molar refractivity (Wildman–Crippen MR) is 153 cm³/mol. The van der Waals surface area contributed by atoms with E-state index in [4.69, 9.17) is 4.74 Å². The number of nitrogens with zero attached hydrogens (tertiary/aromatic N) is 2. The second-order valence-corrected chi connectivity index (χ2v) is 11.3. The smallest absolute Gasteiger partial charge is 0.264 e. The van der Waals surface area contributed by atoms with Gasteiger partial charge < -0.3 is 15.0 Å². The van der Waals surface area contributed by atoms with Crippen LogP contribution in [0.1, 0.15) is 32.8 Å². The Labute approximate surface area is 235 Å². The highest BCUT2D eigenvalue weighted by Gasteiger charge is 2.32. The SMILES string of the molecule is CC[C@H](C)NC(=O)[C@H](C)N(CCc1ccccc1)C(=O)CN(c1ccc(F)cc1)S(=O)(=O)c1ccc(OC)cc1. The Kier molecular flexibility index (Phi) is 10.7. The summed E-state index contributed by atoms with van der Waals surface area (Å²) >= 11 is 0. The number of carbonyl (C=O) groups excluding carboxylic acids is 2. The summed E-state index contributed by atoms with van der Waals surface area (Å²) in [5, 5.41) is 2.90. The molecular weight excluding hydrogens is 533 g/mol. The van der Waals surface area contributed by atoms with E-state index >= 15 is 0 Å². The molecule has 8 nitrogen and oxygen atoms in total. The number of amides is 2. The molecule has 214 valence electrons. The summed E-state index contributed by atoms with van der Waals surface area (Å²) in [6, 6.07) is 19.2. The Balaban J connectivity index is 1.97. The molecule has 40 heavy (non-hydrogen) atoms. The topological polar surface area (TPSA) is 96.0 Å². The Morgan fingerprint density at radius 2 is 1.57 bits per heavy atom. The molecule has 0 radical (unpaired) electrons. The third-order valence-electron chi connectivity index (χ3n) is 6.69. The van der Waals surface area contributed by atoms with Crippen molar-refractivity contribution in [3.05, 3.63) is 90.2 Å². The minimum atomic E-state index is -4.25. The fourth-order valence-corrected chi connectivity index (χ4v) is 5.46. The first kappa shape index (κ1) is 30.6. The van der Waals surface area contributed by atoms with Gasteiger partial charge in [0.2, 0.25) is 11.8 Å². The van der Waals surface area contributed by atoms with Crippen molar-refractivity contribution >= 4 is 27.5 Å². The van der Waals surface area contributed by atoms with E-state index in [9.17, 15) is 22.4 Å². The fourth-order valence-electron chi connectivity index (χ4n) is 4.05. The first-order valence-electron chi connectivity index (χ1n) is 13.1. The van der Waals surface area contributed by atoms with Gasteiger partial charge in [0.25, 0.3) is 10.0 Å². The molecule has 0 aliphatic carbocycles. The largest absolute Gasteiger partial charge is 0.497 e. The Hall–Kier alpha value is -3.92. The zero-order valence-corrected chi connectivity index (χ0v) is 24.0. The number of nitrogens with one attached hydrogen (secondary N) is 1. The van der Waals surface area contributed by atoms with Crippen LogP contribution in [-0.4, -0.2) is 57.4 Å². The number of hydrogen-bond donors (Lipinski definition) is 1. The van der Waals surface area contributed by atoms with Crippen LogP contribution in [0.2, 0.25) is 0 Å². The van der Waals surface area contributed by atoms with Gasteiger partial charge in [0.15, 0.2) is 0 Å². The molecule has 0 bridgehead atoms. The zero-order chi connectivity index (χ0) is 29.3. The lowest BCUT2D eigenvalue weighted by Gasteiger charge is -2.32. The Morgan fingerprint density at radius 1 is 0.950 bits per heavy atom. The molecule has 0 unspecified atom stereocenters. The molecular formula is C30H36FN3O5S. The van der Waals surface area contributed by atoms with Gasteiger partial charge in [-0.15, -0.1) is 0 Å². The Bertz CT molecular complexity index is 1370.